The Morgan fingerprint density at radius 1 is 1.00 bits per heavy atom. The second-order valence-electron chi connectivity index (χ2n) is 6.46. The quantitative estimate of drug-likeness (QED) is 0.781. The molecule has 5 nitrogen and oxygen atoms in total. The van der Waals surface area contributed by atoms with E-state index < -0.39 is 0 Å². The molecule has 0 bridgehead atoms. The molecule has 1 heterocycles. The number of nitrogens with one attached hydrogen (secondary N) is 1. The van der Waals surface area contributed by atoms with Crippen LogP contribution in [0.1, 0.15) is 44.9 Å². The van der Waals surface area contributed by atoms with E-state index in [1.54, 1.807) is 18.2 Å². The van der Waals surface area contributed by atoms with Crippen LogP contribution in [0.25, 0.3) is 0 Å². The molecule has 7 heteroatoms. The monoisotopic (exact) mass is 390 g/mol. The molecule has 0 unspecified atom stereocenters. The minimum absolute atomic E-state index is 0.172. The first kappa shape index (κ1) is 18.4. The maximum atomic E-state index is 12.5. The third-order valence-electron chi connectivity index (χ3n) is 3.96. The fraction of sp³-hybridized carbons (Fsp3) is 0.211. The van der Waals surface area contributed by atoms with Crippen LogP contribution in [-0.4, -0.2) is 29.2 Å². The van der Waals surface area contributed by atoms with Crippen LogP contribution in [-0.2, 0) is 0 Å². The van der Waals surface area contributed by atoms with Crippen LogP contribution in [0, 0.1) is 5.92 Å². The zero-order valence-electron chi connectivity index (χ0n) is 14.2. The zero-order valence-corrected chi connectivity index (χ0v) is 15.7. The molecule has 3 amide bonds. The number of anilines is 1. The average Bonchev–Trinajstić information content (AvgIpc) is 2.81. The molecule has 0 radical (unpaired) electrons. The highest BCUT2D eigenvalue weighted by molar-refractivity contribution is 6.42. The van der Waals surface area contributed by atoms with E-state index in [2.05, 4.69) is 5.32 Å². The highest BCUT2D eigenvalue weighted by atomic mass is 35.5. The van der Waals surface area contributed by atoms with Crippen molar-refractivity contribution in [1.82, 2.24) is 4.90 Å². The van der Waals surface area contributed by atoms with E-state index in [1.807, 2.05) is 13.8 Å². The number of fused-ring (bicyclic) bond motifs is 1. The van der Waals surface area contributed by atoms with Crippen molar-refractivity contribution in [3.63, 3.8) is 0 Å². The van der Waals surface area contributed by atoms with Crippen molar-refractivity contribution in [2.24, 2.45) is 5.92 Å². The fourth-order valence-corrected chi connectivity index (χ4v) is 3.04. The van der Waals surface area contributed by atoms with Crippen LogP contribution in [0.4, 0.5) is 5.69 Å². The van der Waals surface area contributed by atoms with E-state index in [4.69, 9.17) is 23.2 Å². The Hall–Kier alpha value is -2.37. The van der Waals surface area contributed by atoms with Crippen molar-refractivity contribution in [1.29, 1.82) is 0 Å². The van der Waals surface area contributed by atoms with Gasteiger partial charge in [-0.25, -0.2) is 0 Å². The Bertz CT molecular complexity index is 925. The van der Waals surface area contributed by atoms with Crippen LogP contribution < -0.4 is 5.32 Å². The number of amides is 3. The van der Waals surface area contributed by atoms with Gasteiger partial charge >= 0.3 is 0 Å². The number of nitrogens with zero attached hydrogens (tertiary/aromatic N) is 1. The Morgan fingerprint density at radius 3 is 2.35 bits per heavy atom. The summed E-state index contributed by atoms with van der Waals surface area (Å²) in [6.07, 6.45) is 0. The first-order chi connectivity index (χ1) is 12.3. The first-order valence-electron chi connectivity index (χ1n) is 8.04. The predicted octanol–water partition coefficient (Wildman–Crippen LogP) is 4.50. The fourth-order valence-electron chi connectivity index (χ4n) is 2.74. The van der Waals surface area contributed by atoms with Gasteiger partial charge in [0.15, 0.2) is 0 Å². The molecular weight excluding hydrogens is 375 g/mol. The van der Waals surface area contributed by atoms with Crippen molar-refractivity contribution in [2.75, 3.05) is 11.9 Å². The van der Waals surface area contributed by atoms with Crippen molar-refractivity contribution in [3.8, 4) is 0 Å². The molecule has 3 rings (SSSR count). The molecule has 0 atom stereocenters. The predicted molar refractivity (Wildman–Crippen MR) is 101 cm³/mol. The second kappa shape index (κ2) is 7.09. The van der Waals surface area contributed by atoms with E-state index in [-0.39, 0.29) is 28.7 Å². The standard InChI is InChI=1S/C19H16Cl2N2O3/c1-10(2)9-23-18(25)13-5-4-12(8-14(13)19(23)26)22-17(24)11-3-6-15(20)16(21)7-11/h3-8,10H,9H2,1-2H3,(H,22,24). The van der Waals surface area contributed by atoms with Crippen LogP contribution in [0.15, 0.2) is 36.4 Å². The molecule has 0 saturated heterocycles. The molecule has 0 aliphatic carbocycles. The summed E-state index contributed by atoms with van der Waals surface area (Å²) >= 11 is 11.8. The minimum Gasteiger partial charge on any atom is -0.322 e. The lowest BCUT2D eigenvalue weighted by Crippen LogP contribution is -2.33. The summed E-state index contributed by atoms with van der Waals surface area (Å²) in [5, 5.41) is 3.34. The molecule has 0 spiro atoms. The Morgan fingerprint density at radius 2 is 1.69 bits per heavy atom. The molecule has 26 heavy (non-hydrogen) atoms. The smallest absolute Gasteiger partial charge is 0.261 e. The van der Waals surface area contributed by atoms with Crippen molar-refractivity contribution in [3.05, 3.63) is 63.1 Å². The van der Waals surface area contributed by atoms with E-state index in [9.17, 15) is 14.4 Å². The summed E-state index contributed by atoms with van der Waals surface area (Å²) in [6, 6.07) is 9.22. The van der Waals surface area contributed by atoms with Gasteiger partial charge in [-0.2, -0.15) is 0 Å². The highest BCUT2D eigenvalue weighted by Crippen LogP contribution is 2.27. The SMILES string of the molecule is CC(C)CN1C(=O)c2ccc(NC(=O)c3ccc(Cl)c(Cl)c3)cc2C1=O. The largest absolute Gasteiger partial charge is 0.322 e. The van der Waals surface area contributed by atoms with Crippen LogP contribution >= 0.6 is 23.2 Å². The summed E-state index contributed by atoms with van der Waals surface area (Å²) in [5.74, 6) is -0.865. The number of imide groups is 1. The van der Waals surface area contributed by atoms with Gasteiger partial charge in [0.2, 0.25) is 0 Å². The van der Waals surface area contributed by atoms with E-state index in [0.717, 1.165) is 0 Å². The van der Waals surface area contributed by atoms with Crippen LogP contribution in [0.3, 0.4) is 0 Å². The van der Waals surface area contributed by atoms with Gasteiger partial charge in [-0.05, 0) is 42.3 Å². The van der Waals surface area contributed by atoms with Gasteiger partial charge in [0.1, 0.15) is 0 Å². The summed E-state index contributed by atoms with van der Waals surface area (Å²) in [4.78, 5) is 38.4. The normalized spacial score (nSPS) is 13.3. The van der Waals surface area contributed by atoms with Crippen molar-refractivity contribution in [2.45, 2.75) is 13.8 Å². The summed E-state index contributed by atoms with van der Waals surface area (Å²) in [7, 11) is 0. The minimum atomic E-state index is -0.390. The molecule has 2 aromatic carbocycles. The summed E-state index contributed by atoms with van der Waals surface area (Å²) < 4.78 is 0. The van der Waals surface area contributed by atoms with Gasteiger partial charge in [0, 0.05) is 17.8 Å². The van der Waals surface area contributed by atoms with E-state index in [1.165, 1.54) is 23.1 Å². The number of benzene rings is 2. The maximum Gasteiger partial charge on any atom is 0.261 e. The third-order valence-corrected chi connectivity index (χ3v) is 4.70. The third kappa shape index (κ3) is 3.45. The van der Waals surface area contributed by atoms with Gasteiger partial charge in [-0.15, -0.1) is 0 Å². The molecule has 1 N–H and O–H groups in total. The summed E-state index contributed by atoms with van der Waals surface area (Å²) in [5.41, 5.74) is 1.40. The van der Waals surface area contributed by atoms with Crippen LogP contribution in [0.5, 0.6) is 0 Å². The number of rotatable bonds is 4. The average molecular weight is 391 g/mol. The Labute approximate surface area is 160 Å². The Balaban J connectivity index is 1.83. The number of carbonyl (C=O) groups excluding carboxylic acids is 3. The lowest BCUT2D eigenvalue weighted by Gasteiger charge is -2.15. The molecular formula is C19H16Cl2N2O3. The van der Waals surface area contributed by atoms with Crippen LogP contribution in [0.2, 0.25) is 10.0 Å². The lowest BCUT2D eigenvalue weighted by atomic mass is 10.1. The molecule has 134 valence electrons. The molecule has 1 aliphatic rings. The number of hydrogen-bond acceptors (Lipinski definition) is 3. The topological polar surface area (TPSA) is 66.5 Å². The van der Waals surface area contributed by atoms with Crippen molar-refractivity contribution >= 4 is 46.6 Å². The molecule has 0 fully saturated rings. The molecule has 0 saturated carbocycles. The summed E-state index contributed by atoms with van der Waals surface area (Å²) in [6.45, 7) is 4.23. The molecule has 2 aromatic rings. The van der Waals surface area contributed by atoms with Gasteiger partial charge in [0.05, 0.1) is 21.2 Å². The maximum absolute atomic E-state index is 12.5. The molecule has 1 aliphatic heterocycles. The number of halogens is 2. The van der Waals surface area contributed by atoms with Crippen molar-refractivity contribution < 1.29 is 14.4 Å². The van der Waals surface area contributed by atoms with Gasteiger partial charge in [0.25, 0.3) is 17.7 Å². The zero-order chi connectivity index (χ0) is 19.0. The second-order valence-corrected chi connectivity index (χ2v) is 7.27. The lowest BCUT2D eigenvalue weighted by molar-refractivity contribution is 0.0636. The van der Waals surface area contributed by atoms with E-state index in [0.29, 0.717) is 33.9 Å². The Kier molecular flexibility index (Phi) is 5.03. The highest BCUT2D eigenvalue weighted by Gasteiger charge is 2.35. The first-order valence-corrected chi connectivity index (χ1v) is 8.80. The number of carbonyl (C=O) groups is 3. The van der Waals surface area contributed by atoms with Gasteiger partial charge in [-0.1, -0.05) is 37.0 Å². The van der Waals surface area contributed by atoms with E-state index >= 15 is 0 Å². The van der Waals surface area contributed by atoms with Gasteiger partial charge < -0.3 is 5.32 Å². The number of hydrogen-bond donors (Lipinski definition) is 1. The van der Waals surface area contributed by atoms with Gasteiger partial charge in [-0.3, -0.25) is 19.3 Å². The molecule has 0 aromatic heterocycles.